The number of anilines is 1. The highest BCUT2D eigenvalue weighted by molar-refractivity contribution is 5.44. The van der Waals surface area contributed by atoms with Crippen LogP contribution in [0.5, 0.6) is 5.75 Å². The van der Waals surface area contributed by atoms with Crippen molar-refractivity contribution in [1.82, 2.24) is 14.9 Å². The van der Waals surface area contributed by atoms with Crippen LogP contribution in [0, 0.1) is 52.3 Å². The minimum atomic E-state index is 0.225. The first-order valence-corrected chi connectivity index (χ1v) is 23.7. The maximum Gasteiger partial charge on any atom is 0.123 e. The van der Waals surface area contributed by atoms with Crippen LogP contribution in [0.2, 0.25) is 0 Å². The van der Waals surface area contributed by atoms with E-state index in [1.807, 2.05) is 12.4 Å². The molecule has 6 heteroatoms. The van der Waals surface area contributed by atoms with Gasteiger partial charge in [-0.1, -0.05) is 66.7 Å². The summed E-state index contributed by atoms with van der Waals surface area (Å²) in [6.07, 6.45) is 29.3. The van der Waals surface area contributed by atoms with E-state index in [1.165, 1.54) is 114 Å². The highest BCUT2D eigenvalue weighted by Gasteiger charge is 2.60. The molecule has 1 unspecified atom stereocenters. The molecule has 5 fully saturated rings. The van der Waals surface area contributed by atoms with Crippen molar-refractivity contribution in [3.8, 4) is 5.75 Å². The molecule has 0 spiro atoms. The Hall–Kier alpha value is -2.18. The first-order chi connectivity index (χ1) is 26.9. The number of likely N-dealkylation sites (tertiary alicyclic amines) is 1. The summed E-state index contributed by atoms with van der Waals surface area (Å²) in [6.45, 7) is 14.9. The predicted octanol–water partition coefficient (Wildman–Crippen LogP) is 11.5. The maximum atomic E-state index is 6.85. The lowest BCUT2D eigenvalue weighted by atomic mass is 9.44. The van der Waals surface area contributed by atoms with Crippen LogP contribution in [0.4, 0.5) is 5.69 Å². The lowest BCUT2D eigenvalue weighted by Gasteiger charge is -2.61. The Labute approximate surface area is 342 Å². The molecule has 2 aromatic heterocycles. The zero-order valence-corrected chi connectivity index (χ0v) is 36.9. The lowest BCUT2D eigenvalue weighted by Crippen LogP contribution is -2.54. The first-order valence-electron chi connectivity index (χ1n) is 23.7. The number of ether oxygens (including phenoxy) is 1. The van der Waals surface area contributed by atoms with E-state index in [1.54, 1.807) is 0 Å². The molecule has 0 bridgehead atoms. The summed E-state index contributed by atoms with van der Waals surface area (Å²) in [5, 5.41) is 0. The minimum Gasteiger partial charge on any atom is -0.490 e. The van der Waals surface area contributed by atoms with E-state index in [0.717, 1.165) is 85.2 Å². The predicted molar refractivity (Wildman–Crippen MR) is 234 cm³/mol. The average molecular weight is 768 g/mol. The van der Waals surface area contributed by atoms with Crippen molar-refractivity contribution in [1.29, 1.82) is 0 Å². The number of aryl methyl sites for hydroxylation is 1. The van der Waals surface area contributed by atoms with Gasteiger partial charge in [0.05, 0.1) is 11.8 Å². The number of hydrogen-bond acceptors (Lipinski definition) is 6. The standard InChI is InChI=1S/C50H81N5O/c1-35(2)13-11-14-36(3)44-20-21-45-43-19-18-37-31-41(22-26-49(37,4)46(43)23-27-50(44,45)5)56-42-25-29-52-38(33-42)15-9-8-10-16-47(51)48-17-12-30-55(48)34-39-32-40(54(6)7)24-28-53-39/h24-25,28-29,32-33,35-37,41,43-48H,8-23,26-27,30-31,34,51H2,1-7H3/t36-,37?,41+,43+,44-,45+,46+,47+,48+,49+,50-/m1/s1. The summed E-state index contributed by atoms with van der Waals surface area (Å²) in [4.78, 5) is 14.2. The molecule has 0 radical (unpaired) electrons. The van der Waals surface area contributed by atoms with Crippen molar-refractivity contribution in [2.75, 3.05) is 25.5 Å². The zero-order valence-electron chi connectivity index (χ0n) is 36.9. The number of nitrogens with two attached hydrogens (primary N) is 1. The highest BCUT2D eigenvalue weighted by Crippen LogP contribution is 2.68. The molecule has 4 aliphatic carbocycles. The molecular weight excluding hydrogens is 687 g/mol. The Morgan fingerprint density at radius 1 is 0.821 bits per heavy atom. The fourth-order valence-electron chi connectivity index (χ4n) is 13.8. The smallest absolute Gasteiger partial charge is 0.123 e. The van der Waals surface area contributed by atoms with Gasteiger partial charge in [0.25, 0.3) is 0 Å². The summed E-state index contributed by atoms with van der Waals surface area (Å²) in [6, 6.07) is 9.33. The number of unbranched alkanes of at least 4 members (excludes halogenated alkanes) is 2. The van der Waals surface area contributed by atoms with Gasteiger partial charge in [0, 0.05) is 62.6 Å². The number of hydrogen-bond donors (Lipinski definition) is 1. The fourth-order valence-corrected chi connectivity index (χ4v) is 13.8. The van der Waals surface area contributed by atoms with E-state index in [4.69, 9.17) is 15.5 Å². The second kappa shape index (κ2) is 18.4. The molecule has 2 aromatic rings. The fraction of sp³-hybridized carbons (Fsp3) is 0.800. The van der Waals surface area contributed by atoms with E-state index in [9.17, 15) is 0 Å². The van der Waals surface area contributed by atoms with Gasteiger partial charge in [-0.3, -0.25) is 14.9 Å². The molecule has 312 valence electrons. The molecule has 1 aliphatic heterocycles. The van der Waals surface area contributed by atoms with Crippen molar-refractivity contribution >= 4 is 5.69 Å². The summed E-state index contributed by atoms with van der Waals surface area (Å²) in [5.41, 5.74) is 11.5. The first kappa shape index (κ1) is 42.0. The van der Waals surface area contributed by atoms with Crippen LogP contribution in [0.25, 0.3) is 0 Å². The van der Waals surface area contributed by atoms with Gasteiger partial charge in [0.2, 0.25) is 0 Å². The third-order valence-electron chi connectivity index (χ3n) is 17.0. The molecule has 4 saturated carbocycles. The van der Waals surface area contributed by atoms with Gasteiger partial charge in [-0.2, -0.15) is 0 Å². The molecule has 6 nitrogen and oxygen atoms in total. The van der Waals surface area contributed by atoms with Gasteiger partial charge in [-0.25, -0.2) is 0 Å². The van der Waals surface area contributed by atoms with Crippen LogP contribution in [0.1, 0.15) is 162 Å². The Kier molecular flexibility index (Phi) is 13.8. The monoisotopic (exact) mass is 768 g/mol. The molecule has 1 saturated heterocycles. The number of aromatic nitrogens is 2. The number of pyridine rings is 2. The lowest BCUT2D eigenvalue weighted by molar-refractivity contribution is -0.126. The molecular formula is C50H81N5O. The molecule has 5 aliphatic rings. The Morgan fingerprint density at radius 3 is 2.43 bits per heavy atom. The van der Waals surface area contributed by atoms with Gasteiger partial charge >= 0.3 is 0 Å². The maximum absolute atomic E-state index is 6.85. The van der Waals surface area contributed by atoms with Crippen LogP contribution < -0.4 is 15.4 Å². The van der Waals surface area contributed by atoms with E-state index in [0.29, 0.717) is 23.0 Å². The van der Waals surface area contributed by atoms with E-state index < -0.39 is 0 Å². The van der Waals surface area contributed by atoms with Crippen molar-refractivity contribution in [3.05, 3.63) is 48.0 Å². The average Bonchev–Trinajstić information content (AvgIpc) is 3.79. The molecule has 7 rings (SSSR count). The molecule has 11 atom stereocenters. The van der Waals surface area contributed by atoms with E-state index >= 15 is 0 Å². The van der Waals surface area contributed by atoms with Gasteiger partial charge in [-0.05, 0) is 167 Å². The van der Waals surface area contributed by atoms with Crippen molar-refractivity contribution in [3.63, 3.8) is 0 Å². The third-order valence-corrected chi connectivity index (χ3v) is 17.0. The van der Waals surface area contributed by atoms with Crippen molar-refractivity contribution in [2.45, 2.75) is 181 Å². The number of nitrogens with zero attached hydrogens (tertiary/aromatic N) is 4. The largest absolute Gasteiger partial charge is 0.490 e. The van der Waals surface area contributed by atoms with Crippen molar-refractivity contribution < 1.29 is 4.74 Å². The van der Waals surface area contributed by atoms with Crippen LogP contribution in [0.3, 0.4) is 0 Å². The SMILES string of the molecule is CC(C)CCC[C@@H](C)[C@H]1CC[C@H]2[C@@H]3CCC4C[C@@H](Oc5ccnc(CCCCC[C@H](N)[C@@H]6CCCN6Cc6cc(N(C)C)ccn6)c5)CC[C@]4(C)[C@H]3CC[C@]12C. The van der Waals surface area contributed by atoms with E-state index in [-0.39, 0.29) is 6.04 Å². The molecule has 0 amide bonds. The number of fused-ring (bicyclic) bond motifs is 5. The van der Waals surface area contributed by atoms with Gasteiger partial charge in [0.15, 0.2) is 0 Å². The normalized spacial score (nSPS) is 34.1. The Bertz CT molecular complexity index is 1540. The molecule has 0 aromatic carbocycles. The van der Waals surface area contributed by atoms with Gasteiger partial charge in [0.1, 0.15) is 5.75 Å². The molecule has 3 heterocycles. The quantitative estimate of drug-likeness (QED) is 0.162. The topological polar surface area (TPSA) is 67.5 Å². The Balaban J connectivity index is 0.842. The minimum absolute atomic E-state index is 0.225. The second-order valence-electron chi connectivity index (χ2n) is 21.0. The summed E-state index contributed by atoms with van der Waals surface area (Å²) >= 11 is 0. The molecule has 2 N–H and O–H groups in total. The van der Waals surface area contributed by atoms with Crippen LogP contribution >= 0.6 is 0 Å². The summed E-state index contributed by atoms with van der Waals surface area (Å²) in [7, 11) is 4.18. The molecule has 56 heavy (non-hydrogen) atoms. The van der Waals surface area contributed by atoms with Gasteiger partial charge < -0.3 is 15.4 Å². The number of rotatable bonds is 17. The van der Waals surface area contributed by atoms with Crippen molar-refractivity contribution in [2.24, 2.45) is 58.0 Å². The van der Waals surface area contributed by atoms with Crippen LogP contribution in [-0.4, -0.2) is 53.7 Å². The highest BCUT2D eigenvalue weighted by atomic mass is 16.5. The third kappa shape index (κ3) is 9.32. The Morgan fingerprint density at radius 2 is 1.61 bits per heavy atom. The second-order valence-corrected chi connectivity index (χ2v) is 21.0. The zero-order chi connectivity index (χ0) is 39.5. The van der Waals surface area contributed by atoms with E-state index in [2.05, 4.69) is 87.8 Å². The van der Waals surface area contributed by atoms with Gasteiger partial charge in [-0.15, -0.1) is 0 Å². The van der Waals surface area contributed by atoms with Crippen LogP contribution in [-0.2, 0) is 13.0 Å². The summed E-state index contributed by atoms with van der Waals surface area (Å²) in [5.74, 6) is 7.40. The van der Waals surface area contributed by atoms with Crippen LogP contribution in [0.15, 0.2) is 36.7 Å². The summed E-state index contributed by atoms with van der Waals surface area (Å²) < 4.78 is 6.82.